The van der Waals surface area contributed by atoms with Crippen LogP contribution in [0.4, 0.5) is 0 Å². The van der Waals surface area contributed by atoms with Crippen LogP contribution in [0.1, 0.15) is 13.3 Å². The number of carbonyl (C=O) groups excluding carboxylic acids is 1. The second-order valence-electron chi connectivity index (χ2n) is 3.13. The van der Waals surface area contributed by atoms with E-state index in [2.05, 4.69) is 4.74 Å². The van der Waals surface area contributed by atoms with Gasteiger partial charge in [0.05, 0.1) is 19.8 Å². The van der Waals surface area contributed by atoms with Crippen molar-refractivity contribution < 1.29 is 19.4 Å². The molecule has 74 valence electrons. The number of aliphatic hydroxyl groups is 1. The Kier molecular flexibility index (Phi) is 3.31. The fourth-order valence-corrected chi connectivity index (χ4v) is 1.33. The summed E-state index contributed by atoms with van der Waals surface area (Å²) >= 11 is 0. The van der Waals surface area contributed by atoms with Crippen LogP contribution in [0.25, 0.3) is 0 Å². The van der Waals surface area contributed by atoms with Gasteiger partial charge in [0, 0.05) is 5.92 Å². The minimum Gasteiger partial charge on any atom is -0.492 e. The summed E-state index contributed by atoms with van der Waals surface area (Å²) in [6.45, 7) is 1.94. The van der Waals surface area contributed by atoms with Gasteiger partial charge in [-0.3, -0.25) is 0 Å². The monoisotopic (exact) mass is 186 g/mol. The maximum Gasteiger partial charge on any atom is 0.333 e. The van der Waals surface area contributed by atoms with Gasteiger partial charge in [0.2, 0.25) is 0 Å². The van der Waals surface area contributed by atoms with Gasteiger partial charge in [-0.2, -0.15) is 0 Å². The summed E-state index contributed by atoms with van der Waals surface area (Å²) < 4.78 is 9.78. The summed E-state index contributed by atoms with van der Waals surface area (Å²) in [5, 5.41) is 8.82. The highest BCUT2D eigenvalue weighted by Gasteiger charge is 2.27. The zero-order chi connectivity index (χ0) is 9.84. The van der Waals surface area contributed by atoms with Crippen molar-refractivity contribution in [2.45, 2.75) is 19.4 Å². The number of hydrogen-bond acceptors (Lipinski definition) is 4. The lowest BCUT2D eigenvalue weighted by molar-refractivity contribution is -0.135. The lowest BCUT2D eigenvalue weighted by atomic mass is 10.1. The molecule has 1 saturated heterocycles. The molecule has 2 atom stereocenters. The van der Waals surface area contributed by atoms with Crippen molar-refractivity contribution in [2.75, 3.05) is 13.7 Å². The molecule has 1 fully saturated rings. The third kappa shape index (κ3) is 2.45. The number of rotatable bonds is 2. The van der Waals surface area contributed by atoms with Gasteiger partial charge in [-0.15, -0.1) is 0 Å². The van der Waals surface area contributed by atoms with E-state index in [9.17, 15) is 4.79 Å². The molecule has 4 nitrogen and oxygen atoms in total. The largest absolute Gasteiger partial charge is 0.492 e. The highest BCUT2D eigenvalue weighted by molar-refractivity contribution is 5.82. The summed E-state index contributed by atoms with van der Waals surface area (Å²) in [4.78, 5) is 10.9. The third-order valence-corrected chi connectivity index (χ3v) is 2.07. The van der Waals surface area contributed by atoms with Crippen molar-refractivity contribution in [2.24, 2.45) is 5.92 Å². The van der Waals surface area contributed by atoms with Crippen LogP contribution in [-0.2, 0) is 14.3 Å². The van der Waals surface area contributed by atoms with Crippen molar-refractivity contribution >= 4 is 5.97 Å². The van der Waals surface area contributed by atoms with E-state index < -0.39 is 5.97 Å². The number of methoxy groups -OCH3 is 1. The molecule has 13 heavy (non-hydrogen) atoms. The summed E-state index contributed by atoms with van der Waals surface area (Å²) in [6, 6.07) is 0. The van der Waals surface area contributed by atoms with Gasteiger partial charge in [-0.05, 0) is 6.42 Å². The summed E-state index contributed by atoms with van der Waals surface area (Å²) in [5.41, 5.74) is 0. The standard InChI is InChI=1S/C9H14O4/c1-6-3-7(5-10)13-8(6)4-9(11)12-2/h4,6-7,10H,3,5H2,1-2H3/b8-4-/t6-,7-/m1/s1. The molecular weight excluding hydrogens is 172 g/mol. The van der Waals surface area contributed by atoms with Crippen molar-refractivity contribution in [1.82, 2.24) is 0 Å². The smallest absolute Gasteiger partial charge is 0.333 e. The summed E-state index contributed by atoms with van der Waals surface area (Å²) in [5.74, 6) is 0.364. The van der Waals surface area contributed by atoms with Gasteiger partial charge in [0.15, 0.2) is 0 Å². The first-order chi connectivity index (χ1) is 6.17. The Morgan fingerprint density at radius 1 is 1.85 bits per heavy atom. The van der Waals surface area contributed by atoms with E-state index in [0.29, 0.717) is 5.76 Å². The second kappa shape index (κ2) is 4.28. The Hall–Kier alpha value is -1.03. The van der Waals surface area contributed by atoms with E-state index >= 15 is 0 Å². The van der Waals surface area contributed by atoms with Crippen molar-refractivity contribution in [3.05, 3.63) is 11.8 Å². The zero-order valence-electron chi connectivity index (χ0n) is 7.82. The fraction of sp³-hybridized carbons (Fsp3) is 0.667. The molecule has 0 amide bonds. The molecule has 0 spiro atoms. The molecule has 0 aromatic carbocycles. The first-order valence-corrected chi connectivity index (χ1v) is 4.24. The van der Waals surface area contributed by atoms with Gasteiger partial charge in [-0.25, -0.2) is 4.79 Å². The van der Waals surface area contributed by atoms with Gasteiger partial charge < -0.3 is 14.6 Å². The Balaban J connectivity index is 2.61. The molecule has 0 aromatic rings. The van der Waals surface area contributed by atoms with Crippen LogP contribution in [0.5, 0.6) is 0 Å². The minimum absolute atomic E-state index is 0.0111. The number of allylic oxidation sites excluding steroid dienone is 1. The highest BCUT2D eigenvalue weighted by Crippen LogP contribution is 2.28. The molecule has 1 N–H and O–H groups in total. The van der Waals surface area contributed by atoms with E-state index in [1.54, 1.807) is 0 Å². The molecule has 0 unspecified atom stereocenters. The first-order valence-electron chi connectivity index (χ1n) is 4.24. The molecule has 0 aromatic heterocycles. The SMILES string of the molecule is COC(=O)/C=C1\O[C@@H](CO)C[C@H]1C. The molecule has 1 rings (SSSR count). The van der Waals surface area contributed by atoms with Crippen LogP contribution in [0.15, 0.2) is 11.8 Å². The predicted molar refractivity (Wildman–Crippen MR) is 45.8 cm³/mol. The van der Waals surface area contributed by atoms with Gasteiger partial charge in [0.1, 0.15) is 11.9 Å². The zero-order valence-corrected chi connectivity index (χ0v) is 7.82. The second-order valence-corrected chi connectivity index (χ2v) is 3.13. The van der Waals surface area contributed by atoms with Crippen LogP contribution >= 0.6 is 0 Å². The van der Waals surface area contributed by atoms with Crippen molar-refractivity contribution in [1.29, 1.82) is 0 Å². The van der Waals surface area contributed by atoms with E-state index in [0.717, 1.165) is 6.42 Å². The number of esters is 1. The van der Waals surface area contributed by atoms with Gasteiger partial charge in [0.25, 0.3) is 0 Å². The van der Waals surface area contributed by atoms with Gasteiger partial charge >= 0.3 is 5.97 Å². The number of carbonyl (C=O) groups is 1. The highest BCUT2D eigenvalue weighted by atomic mass is 16.5. The average Bonchev–Trinajstić information content (AvgIpc) is 2.47. The molecule has 0 saturated carbocycles. The summed E-state index contributed by atoms with van der Waals surface area (Å²) in [7, 11) is 1.32. The maximum absolute atomic E-state index is 10.9. The van der Waals surface area contributed by atoms with Crippen LogP contribution in [0, 0.1) is 5.92 Å². The molecule has 0 aliphatic carbocycles. The maximum atomic E-state index is 10.9. The van der Waals surface area contributed by atoms with E-state index in [-0.39, 0.29) is 18.6 Å². The molecule has 4 heteroatoms. The van der Waals surface area contributed by atoms with E-state index in [1.807, 2.05) is 6.92 Å². The van der Waals surface area contributed by atoms with E-state index in [1.165, 1.54) is 13.2 Å². The molecular formula is C9H14O4. The van der Waals surface area contributed by atoms with Crippen LogP contribution < -0.4 is 0 Å². The Labute approximate surface area is 77.1 Å². The predicted octanol–water partition coefficient (Wildman–Crippen LogP) is 0.461. The molecule has 1 aliphatic rings. The van der Waals surface area contributed by atoms with Crippen molar-refractivity contribution in [3.63, 3.8) is 0 Å². The minimum atomic E-state index is -0.416. The lowest BCUT2D eigenvalue weighted by Gasteiger charge is -2.05. The molecule has 1 aliphatic heterocycles. The number of hydrogen-bond donors (Lipinski definition) is 1. The van der Waals surface area contributed by atoms with Gasteiger partial charge in [-0.1, -0.05) is 6.92 Å². The molecule has 0 bridgehead atoms. The van der Waals surface area contributed by atoms with E-state index in [4.69, 9.17) is 9.84 Å². The molecule has 1 heterocycles. The fourth-order valence-electron chi connectivity index (χ4n) is 1.33. The summed E-state index contributed by atoms with van der Waals surface area (Å²) in [6.07, 6.45) is 1.91. The quantitative estimate of drug-likeness (QED) is 0.503. The Bertz CT molecular complexity index is 222. The third-order valence-electron chi connectivity index (χ3n) is 2.07. The Morgan fingerprint density at radius 3 is 3.00 bits per heavy atom. The number of aliphatic hydroxyl groups excluding tert-OH is 1. The van der Waals surface area contributed by atoms with Crippen molar-refractivity contribution in [3.8, 4) is 0 Å². The molecule has 0 radical (unpaired) electrons. The average molecular weight is 186 g/mol. The van der Waals surface area contributed by atoms with Crippen LogP contribution in [-0.4, -0.2) is 30.9 Å². The van der Waals surface area contributed by atoms with Crippen LogP contribution in [0.3, 0.4) is 0 Å². The van der Waals surface area contributed by atoms with Crippen LogP contribution in [0.2, 0.25) is 0 Å². The lowest BCUT2D eigenvalue weighted by Crippen LogP contribution is -2.09. The normalized spacial score (nSPS) is 30.2. The topological polar surface area (TPSA) is 55.8 Å². The Morgan fingerprint density at radius 2 is 2.54 bits per heavy atom. The first kappa shape index (κ1) is 10.1. The number of ether oxygens (including phenoxy) is 2.